The zero-order valence-corrected chi connectivity index (χ0v) is 8.54. The van der Waals surface area contributed by atoms with Gasteiger partial charge in [-0.1, -0.05) is 13.8 Å². The molecule has 0 N–H and O–H groups in total. The molecule has 2 unspecified atom stereocenters. The van der Waals surface area contributed by atoms with E-state index in [9.17, 15) is 0 Å². The lowest BCUT2D eigenvalue weighted by Gasteiger charge is -2.20. The van der Waals surface area contributed by atoms with Gasteiger partial charge in [0.25, 0.3) is 0 Å². The maximum absolute atomic E-state index is 5.48. The summed E-state index contributed by atoms with van der Waals surface area (Å²) in [7, 11) is 3.57. The van der Waals surface area contributed by atoms with E-state index in [-0.39, 0.29) is 0 Å². The molecule has 0 heterocycles. The normalized spacial score (nSPS) is 42.0. The van der Waals surface area contributed by atoms with Crippen LogP contribution in [0, 0.1) is 17.8 Å². The Morgan fingerprint density at radius 3 is 2.42 bits per heavy atom. The maximum atomic E-state index is 5.48. The van der Waals surface area contributed by atoms with Crippen molar-refractivity contribution in [3.63, 3.8) is 0 Å². The van der Waals surface area contributed by atoms with E-state index >= 15 is 0 Å². The smallest absolute Gasteiger partial charge is 0.0649 e. The topological polar surface area (TPSA) is 18.5 Å². The number of hydrogen-bond donors (Lipinski definition) is 0. The van der Waals surface area contributed by atoms with Crippen LogP contribution in [-0.4, -0.2) is 26.9 Å². The van der Waals surface area contributed by atoms with Crippen molar-refractivity contribution < 1.29 is 9.47 Å². The molecule has 1 saturated carbocycles. The molecule has 0 bridgehead atoms. The summed E-state index contributed by atoms with van der Waals surface area (Å²) in [5.41, 5.74) is 0. The molecular weight excluding hydrogens is 152 g/mol. The first-order valence-corrected chi connectivity index (χ1v) is 4.72. The molecule has 2 heteroatoms. The maximum Gasteiger partial charge on any atom is 0.0649 e. The van der Waals surface area contributed by atoms with Crippen LogP contribution in [0.15, 0.2) is 0 Å². The Bertz CT molecular complexity index is 136. The Morgan fingerprint density at radius 1 is 1.25 bits per heavy atom. The molecule has 12 heavy (non-hydrogen) atoms. The lowest BCUT2D eigenvalue weighted by atomic mass is 9.99. The number of methoxy groups -OCH3 is 2. The predicted octanol–water partition coefficient (Wildman–Crippen LogP) is 1.94. The van der Waals surface area contributed by atoms with E-state index in [1.54, 1.807) is 7.11 Å². The fourth-order valence-electron chi connectivity index (χ4n) is 2.36. The molecule has 0 aromatic heterocycles. The zero-order valence-electron chi connectivity index (χ0n) is 8.54. The molecule has 1 aliphatic rings. The predicted molar refractivity (Wildman–Crippen MR) is 49.1 cm³/mol. The van der Waals surface area contributed by atoms with Gasteiger partial charge in [-0.15, -0.1) is 0 Å². The summed E-state index contributed by atoms with van der Waals surface area (Å²) in [6.45, 7) is 5.41. The summed E-state index contributed by atoms with van der Waals surface area (Å²) in [6.07, 6.45) is 1.65. The van der Waals surface area contributed by atoms with E-state index in [4.69, 9.17) is 9.47 Å². The Labute approximate surface area is 75.2 Å². The van der Waals surface area contributed by atoms with Gasteiger partial charge >= 0.3 is 0 Å². The van der Waals surface area contributed by atoms with E-state index in [2.05, 4.69) is 13.8 Å². The van der Waals surface area contributed by atoms with Crippen molar-refractivity contribution in [3.05, 3.63) is 0 Å². The third-order valence-corrected chi connectivity index (χ3v) is 3.21. The van der Waals surface area contributed by atoms with Crippen molar-refractivity contribution in [2.24, 2.45) is 17.8 Å². The van der Waals surface area contributed by atoms with Crippen molar-refractivity contribution in [1.82, 2.24) is 0 Å². The van der Waals surface area contributed by atoms with Gasteiger partial charge in [0.05, 0.1) is 12.7 Å². The molecule has 1 aliphatic carbocycles. The van der Waals surface area contributed by atoms with Gasteiger partial charge in [-0.25, -0.2) is 0 Å². The standard InChI is InChI=1S/C10H20O2/c1-7-5-9(6-11-3)10(12-4)8(7)2/h7-10H,5-6H2,1-4H3/t7-,8?,9?,10+/m1/s1. The molecule has 2 nitrogen and oxygen atoms in total. The first-order chi connectivity index (χ1) is 5.70. The van der Waals surface area contributed by atoms with E-state index < -0.39 is 0 Å². The minimum Gasteiger partial charge on any atom is -0.384 e. The van der Waals surface area contributed by atoms with Gasteiger partial charge in [-0.3, -0.25) is 0 Å². The first-order valence-electron chi connectivity index (χ1n) is 4.72. The quantitative estimate of drug-likeness (QED) is 0.647. The van der Waals surface area contributed by atoms with Crippen molar-refractivity contribution >= 4 is 0 Å². The molecule has 0 amide bonds. The molecule has 0 spiro atoms. The lowest BCUT2D eigenvalue weighted by Crippen LogP contribution is -2.25. The molecule has 72 valence electrons. The van der Waals surface area contributed by atoms with Gasteiger partial charge in [0.15, 0.2) is 0 Å². The summed E-state index contributed by atoms with van der Waals surface area (Å²) in [6, 6.07) is 0. The van der Waals surface area contributed by atoms with Gasteiger partial charge in [-0.05, 0) is 18.3 Å². The van der Waals surface area contributed by atoms with Crippen molar-refractivity contribution in [1.29, 1.82) is 0 Å². The minimum atomic E-state index is 0.403. The van der Waals surface area contributed by atoms with Gasteiger partial charge in [-0.2, -0.15) is 0 Å². The molecule has 0 aromatic rings. The number of hydrogen-bond acceptors (Lipinski definition) is 2. The van der Waals surface area contributed by atoms with Gasteiger partial charge in [0.2, 0.25) is 0 Å². The van der Waals surface area contributed by atoms with Gasteiger partial charge < -0.3 is 9.47 Å². The van der Waals surface area contributed by atoms with Crippen LogP contribution in [0.3, 0.4) is 0 Å². The van der Waals surface area contributed by atoms with Crippen LogP contribution in [0.5, 0.6) is 0 Å². The average Bonchev–Trinajstić information content (AvgIpc) is 2.29. The minimum absolute atomic E-state index is 0.403. The van der Waals surface area contributed by atoms with E-state index in [1.165, 1.54) is 6.42 Å². The Kier molecular flexibility index (Phi) is 3.53. The van der Waals surface area contributed by atoms with Crippen LogP contribution in [-0.2, 0) is 9.47 Å². The zero-order chi connectivity index (χ0) is 9.14. The fourth-order valence-corrected chi connectivity index (χ4v) is 2.36. The molecule has 4 atom stereocenters. The number of rotatable bonds is 3. The average molecular weight is 172 g/mol. The van der Waals surface area contributed by atoms with Crippen LogP contribution < -0.4 is 0 Å². The summed E-state index contributed by atoms with van der Waals surface area (Å²) in [5.74, 6) is 2.05. The first kappa shape index (κ1) is 10.0. The lowest BCUT2D eigenvalue weighted by molar-refractivity contribution is 0.0111. The second-order valence-electron chi connectivity index (χ2n) is 3.99. The highest BCUT2D eigenvalue weighted by molar-refractivity contribution is 4.87. The van der Waals surface area contributed by atoms with E-state index in [0.29, 0.717) is 17.9 Å². The monoisotopic (exact) mass is 172 g/mol. The van der Waals surface area contributed by atoms with Crippen molar-refractivity contribution in [2.45, 2.75) is 26.4 Å². The fraction of sp³-hybridized carbons (Fsp3) is 1.00. The van der Waals surface area contributed by atoms with Crippen LogP contribution in [0.2, 0.25) is 0 Å². The molecule has 0 aromatic carbocycles. The summed E-state index contributed by atoms with van der Waals surface area (Å²) in [5, 5.41) is 0. The highest BCUT2D eigenvalue weighted by Gasteiger charge is 2.38. The van der Waals surface area contributed by atoms with E-state index in [0.717, 1.165) is 12.5 Å². The second-order valence-corrected chi connectivity index (χ2v) is 3.99. The SMILES string of the molecule is COCC1C[C@@H](C)C(C)[C@@H]1OC. The Balaban J connectivity index is 2.52. The van der Waals surface area contributed by atoms with Crippen LogP contribution in [0.4, 0.5) is 0 Å². The van der Waals surface area contributed by atoms with Crippen molar-refractivity contribution in [2.75, 3.05) is 20.8 Å². The summed E-state index contributed by atoms with van der Waals surface area (Å²) < 4.78 is 10.7. The summed E-state index contributed by atoms with van der Waals surface area (Å²) >= 11 is 0. The summed E-state index contributed by atoms with van der Waals surface area (Å²) in [4.78, 5) is 0. The van der Waals surface area contributed by atoms with Crippen molar-refractivity contribution in [3.8, 4) is 0 Å². The highest BCUT2D eigenvalue weighted by Crippen LogP contribution is 2.37. The Hall–Kier alpha value is -0.0800. The van der Waals surface area contributed by atoms with Crippen LogP contribution in [0.1, 0.15) is 20.3 Å². The third kappa shape index (κ3) is 1.80. The van der Waals surface area contributed by atoms with Gasteiger partial charge in [0, 0.05) is 20.1 Å². The van der Waals surface area contributed by atoms with Crippen LogP contribution in [0.25, 0.3) is 0 Å². The molecule has 1 fully saturated rings. The largest absolute Gasteiger partial charge is 0.384 e. The van der Waals surface area contributed by atoms with Crippen LogP contribution >= 0.6 is 0 Å². The molecule has 0 radical (unpaired) electrons. The second kappa shape index (κ2) is 4.24. The third-order valence-electron chi connectivity index (χ3n) is 3.21. The van der Waals surface area contributed by atoms with Gasteiger partial charge in [0.1, 0.15) is 0 Å². The molecule has 0 saturated heterocycles. The number of ether oxygens (including phenoxy) is 2. The molecule has 1 rings (SSSR count). The highest BCUT2D eigenvalue weighted by atomic mass is 16.5. The Morgan fingerprint density at radius 2 is 1.92 bits per heavy atom. The molecule has 0 aliphatic heterocycles. The molecular formula is C10H20O2. The van der Waals surface area contributed by atoms with E-state index in [1.807, 2.05) is 7.11 Å².